The van der Waals surface area contributed by atoms with Crippen molar-refractivity contribution in [1.29, 1.82) is 0 Å². The van der Waals surface area contributed by atoms with Gasteiger partial charge >= 0.3 is 0 Å². The second kappa shape index (κ2) is 9.64. The smallest absolute Gasteiger partial charge is 0.194 e. The van der Waals surface area contributed by atoms with Crippen LogP contribution in [0.3, 0.4) is 0 Å². The topological polar surface area (TPSA) is 59.6 Å². The van der Waals surface area contributed by atoms with Crippen LogP contribution in [0.2, 0.25) is 0 Å². The van der Waals surface area contributed by atoms with Crippen molar-refractivity contribution in [3.8, 4) is 0 Å². The maximum absolute atomic E-state index is 14.3. The molecule has 3 rings (SSSR count). The molecule has 0 aliphatic carbocycles. The van der Waals surface area contributed by atoms with Crippen molar-refractivity contribution in [2.75, 3.05) is 32.7 Å². The lowest BCUT2D eigenvalue weighted by molar-refractivity contribution is 0.124. The number of nitrogens with zero attached hydrogens (tertiary/aromatic N) is 4. The minimum absolute atomic E-state index is 0.0488. The predicted molar refractivity (Wildman–Crippen MR) is 106 cm³/mol. The Hall–Kier alpha value is -2.48. The first-order chi connectivity index (χ1) is 13.6. The van der Waals surface area contributed by atoms with Gasteiger partial charge in [0.25, 0.3) is 0 Å². The van der Waals surface area contributed by atoms with Crippen LogP contribution in [0, 0.1) is 11.6 Å². The van der Waals surface area contributed by atoms with E-state index in [1.54, 1.807) is 12.3 Å². The first-order valence-electron chi connectivity index (χ1n) is 9.82. The van der Waals surface area contributed by atoms with Crippen LogP contribution in [0.4, 0.5) is 8.78 Å². The van der Waals surface area contributed by atoms with Gasteiger partial charge < -0.3 is 10.2 Å². The molecule has 1 fully saturated rings. The molecule has 28 heavy (non-hydrogen) atoms. The van der Waals surface area contributed by atoms with Crippen LogP contribution in [0.1, 0.15) is 37.6 Å². The van der Waals surface area contributed by atoms with Gasteiger partial charge in [-0.25, -0.2) is 13.8 Å². The molecule has 1 unspecified atom stereocenters. The molecular formula is C20H28F2N6. The van der Waals surface area contributed by atoms with Gasteiger partial charge in [0.2, 0.25) is 0 Å². The molecule has 6 nitrogen and oxygen atoms in total. The number of aromatic nitrogens is 2. The highest BCUT2D eigenvalue weighted by Crippen LogP contribution is 2.28. The summed E-state index contributed by atoms with van der Waals surface area (Å²) in [6.07, 6.45) is 2.49. The largest absolute Gasteiger partial charge is 0.357 e. The summed E-state index contributed by atoms with van der Waals surface area (Å²) in [4.78, 5) is 9.19. The summed E-state index contributed by atoms with van der Waals surface area (Å²) in [5.41, 5.74) is 1.53. The van der Waals surface area contributed by atoms with Gasteiger partial charge in [0, 0.05) is 56.6 Å². The molecule has 1 aromatic carbocycles. The van der Waals surface area contributed by atoms with Gasteiger partial charge in [-0.2, -0.15) is 5.10 Å². The molecule has 1 aliphatic heterocycles. The molecule has 0 spiro atoms. The first kappa shape index (κ1) is 20.3. The second-order valence-electron chi connectivity index (χ2n) is 6.86. The van der Waals surface area contributed by atoms with E-state index < -0.39 is 11.6 Å². The van der Waals surface area contributed by atoms with Crippen molar-refractivity contribution in [1.82, 2.24) is 25.3 Å². The van der Waals surface area contributed by atoms with E-state index in [4.69, 9.17) is 4.99 Å². The minimum Gasteiger partial charge on any atom is -0.357 e. The number of benzene rings is 1. The predicted octanol–water partition coefficient (Wildman–Crippen LogP) is 2.92. The summed E-state index contributed by atoms with van der Waals surface area (Å²) in [5.74, 6) is -0.133. The van der Waals surface area contributed by atoms with Crippen molar-refractivity contribution < 1.29 is 8.78 Å². The number of hydrogen-bond acceptors (Lipinski definition) is 3. The van der Waals surface area contributed by atoms with E-state index in [1.807, 2.05) is 19.9 Å². The fraction of sp³-hybridized carbons (Fsp3) is 0.500. The molecule has 0 saturated carbocycles. The van der Waals surface area contributed by atoms with E-state index in [2.05, 4.69) is 25.3 Å². The molecule has 152 valence electrons. The summed E-state index contributed by atoms with van der Waals surface area (Å²) in [6.45, 7) is 8.61. The van der Waals surface area contributed by atoms with Crippen molar-refractivity contribution in [3.63, 3.8) is 0 Å². The molecule has 1 aromatic heterocycles. The summed E-state index contributed by atoms with van der Waals surface area (Å²) in [5, 5.41) is 10.2. The number of piperazine rings is 1. The number of H-pyrrole nitrogens is 1. The van der Waals surface area contributed by atoms with Crippen LogP contribution in [-0.2, 0) is 6.54 Å². The monoisotopic (exact) mass is 390 g/mol. The zero-order valence-electron chi connectivity index (χ0n) is 16.5. The lowest BCUT2D eigenvalue weighted by Gasteiger charge is -2.40. The number of aromatic amines is 1. The molecule has 0 amide bonds. The Bertz CT molecular complexity index is 769. The highest BCUT2D eigenvalue weighted by Gasteiger charge is 2.27. The van der Waals surface area contributed by atoms with Gasteiger partial charge in [-0.15, -0.1) is 0 Å². The Morgan fingerprint density at radius 1 is 1.21 bits per heavy atom. The molecule has 8 heteroatoms. The lowest BCUT2D eigenvalue weighted by atomic mass is 10.0. The van der Waals surface area contributed by atoms with Crippen LogP contribution >= 0.6 is 0 Å². The highest BCUT2D eigenvalue weighted by molar-refractivity contribution is 5.80. The third-order valence-corrected chi connectivity index (χ3v) is 5.06. The lowest BCUT2D eigenvalue weighted by Crippen LogP contribution is -2.53. The van der Waals surface area contributed by atoms with E-state index in [1.165, 1.54) is 6.07 Å². The van der Waals surface area contributed by atoms with Gasteiger partial charge in [-0.1, -0.05) is 13.0 Å². The Labute approximate surface area is 164 Å². The molecule has 1 saturated heterocycles. The maximum atomic E-state index is 14.3. The fourth-order valence-corrected chi connectivity index (χ4v) is 3.65. The SMILES string of the molecule is CCNC(=NCc1ccn[nH]1)N1CCN(C(CC)c2ccc(F)cc2F)CC1. The molecule has 2 heterocycles. The van der Waals surface area contributed by atoms with E-state index in [0.717, 1.165) is 56.9 Å². The van der Waals surface area contributed by atoms with Gasteiger partial charge in [0.15, 0.2) is 5.96 Å². The van der Waals surface area contributed by atoms with Crippen molar-refractivity contribution >= 4 is 5.96 Å². The number of guanidine groups is 1. The van der Waals surface area contributed by atoms with Crippen molar-refractivity contribution in [2.24, 2.45) is 4.99 Å². The van der Waals surface area contributed by atoms with Crippen LogP contribution in [-0.4, -0.2) is 58.7 Å². The molecule has 2 N–H and O–H groups in total. The van der Waals surface area contributed by atoms with Crippen LogP contribution < -0.4 is 5.32 Å². The normalized spacial score (nSPS) is 17.0. The number of hydrogen-bond donors (Lipinski definition) is 2. The third-order valence-electron chi connectivity index (χ3n) is 5.06. The molecule has 2 aromatic rings. The second-order valence-corrected chi connectivity index (χ2v) is 6.86. The standard InChI is InChI=1S/C20H28F2N6/c1-3-19(17-6-5-15(21)13-18(17)22)27-9-11-28(12-10-27)20(23-4-2)24-14-16-7-8-25-26-16/h5-8,13,19H,3-4,9-12,14H2,1-2H3,(H,23,24)(H,25,26). The highest BCUT2D eigenvalue weighted by atomic mass is 19.1. The molecule has 0 bridgehead atoms. The average molecular weight is 390 g/mol. The first-order valence-corrected chi connectivity index (χ1v) is 9.82. The summed E-state index contributed by atoms with van der Waals surface area (Å²) in [6, 6.07) is 5.74. The van der Waals surface area contributed by atoms with Gasteiger partial charge in [0.05, 0.1) is 12.2 Å². The van der Waals surface area contributed by atoms with Crippen molar-refractivity contribution in [3.05, 3.63) is 53.4 Å². The Morgan fingerprint density at radius 3 is 2.61 bits per heavy atom. The fourth-order valence-electron chi connectivity index (χ4n) is 3.65. The maximum Gasteiger partial charge on any atom is 0.194 e. The van der Waals surface area contributed by atoms with E-state index in [-0.39, 0.29) is 6.04 Å². The van der Waals surface area contributed by atoms with Gasteiger partial charge in [-0.3, -0.25) is 10.00 Å². The summed E-state index contributed by atoms with van der Waals surface area (Å²) >= 11 is 0. The quantitative estimate of drug-likeness (QED) is 0.588. The Morgan fingerprint density at radius 2 is 2.00 bits per heavy atom. The molecule has 0 radical (unpaired) electrons. The van der Waals surface area contributed by atoms with Crippen LogP contribution in [0.25, 0.3) is 0 Å². The number of nitrogens with one attached hydrogen (secondary N) is 2. The Balaban J connectivity index is 1.65. The van der Waals surface area contributed by atoms with E-state index in [9.17, 15) is 8.78 Å². The van der Waals surface area contributed by atoms with Gasteiger partial charge in [-0.05, 0) is 25.5 Å². The van der Waals surface area contributed by atoms with E-state index >= 15 is 0 Å². The summed E-state index contributed by atoms with van der Waals surface area (Å²) in [7, 11) is 0. The Kier molecular flexibility index (Phi) is 6.97. The average Bonchev–Trinajstić information content (AvgIpc) is 3.21. The number of rotatable bonds is 6. The molecular weight excluding hydrogens is 362 g/mol. The zero-order chi connectivity index (χ0) is 19.9. The third kappa shape index (κ3) is 4.86. The molecule has 1 aliphatic rings. The number of halogens is 2. The zero-order valence-corrected chi connectivity index (χ0v) is 16.5. The van der Waals surface area contributed by atoms with Gasteiger partial charge in [0.1, 0.15) is 11.6 Å². The summed E-state index contributed by atoms with van der Waals surface area (Å²) < 4.78 is 27.5. The van der Waals surface area contributed by atoms with Crippen LogP contribution in [0.15, 0.2) is 35.5 Å². The molecule has 1 atom stereocenters. The van der Waals surface area contributed by atoms with Crippen molar-refractivity contribution in [2.45, 2.75) is 32.9 Å². The minimum atomic E-state index is -0.537. The number of aliphatic imine (C=N–C) groups is 1. The van der Waals surface area contributed by atoms with E-state index in [0.29, 0.717) is 12.1 Å². The van der Waals surface area contributed by atoms with Crippen LogP contribution in [0.5, 0.6) is 0 Å².